The second-order valence-corrected chi connectivity index (χ2v) is 6.15. The molecule has 2 aromatic carbocycles. The lowest BCUT2D eigenvalue weighted by atomic mass is 10.2. The van der Waals surface area contributed by atoms with Gasteiger partial charge in [-0.3, -0.25) is 0 Å². The predicted octanol–water partition coefficient (Wildman–Crippen LogP) is 3.36. The lowest BCUT2D eigenvalue weighted by molar-refractivity contribution is 0.124. The number of rotatable bonds is 7. The molecule has 5 heteroatoms. The molecular formula is C20H24N2O3. The molecule has 0 unspecified atom stereocenters. The van der Waals surface area contributed by atoms with Crippen molar-refractivity contribution in [3.8, 4) is 0 Å². The second-order valence-electron chi connectivity index (χ2n) is 6.15. The van der Waals surface area contributed by atoms with Gasteiger partial charge in [-0.05, 0) is 36.1 Å². The van der Waals surface area contributed by atoms with E-state index in [1.807, 2.05) is 42.5 Å². The van der Waals surface area contributed by atoms with Crippen LogP contribution in [-0.2, 0) is 22.5 Å². The highest BCUT2D eigenvalue weighted by atomic mass is 16.5. The van der Waals surface area contributed by atoms with Gasteiger partial charge in [-0.25, -0.2) is 4.79 Å². The van der Waals surface area contributed by atoms with Crippen LogP contribution in [0.1, 0.15) is 17.5 Å². The molecule has 2 aromatic rings. The fraction of sp³-hybridized carbons (Fsp3) is 0.350. The molecule has 0 aromatic heterocycles. The molecule has 3 rings (SSSR count). The van der Waals surface area contributed by atoms with Crippen molar-refractivity contribution >= 4 is 11.7 Å². The predicted molar refractivity (Wildman–Crippen MR) is 97.6 cm³/mol. The number of hydrogen-bond acceptors (Lipinski definition) is 3. The zero-order chi connectivity index (χ0) is 17.3. The summed E-state index contributed by atoms with van der Waals surface area (Å²) in [4.78, 5) is 12.0. The Labute approximate surface area is 148 Å². The van der Waals surface area contributed by atoms with Crippen molar-refractivity contribution < 1.29 is 14.3 Å². The monoisotopic (exact) mass is 340 g/mol. The molecule has 0 aliphatic carbocycles. The highest BCUT2D eigenvalue weighted by Gasteiger charge is 2.17. The van der Waals surface area contributed by atoms with Gasteiger partial charge in [-0.1, -0.05) is 42.5 Å². The summed E-state index contributed by atoms with van der Waals surface area (Å²) in [5.41, 5.74) is 3.07. The number of nitrogens with one attached hydrogen (secondary N) is 2. The van der Waals surface area contributed by atoms with Crippen molar-refractivity contribution in [3.63, 3.8) is 0 Å². The van der Waals surface area contributed by atoms with Crippen LogP contribution in [0.3, 0.4) is 0 Å². The normalized spacial score (nSPS) is 16.6. The minimum atomic E-state index is -0.197. The Balaban J connectivity index is 1.42. The van der Waals surface area contributed by atoms with Gasteiger partial charge in [0.15, 0.2) is 0 Å². The lowest BCUT2D eigenvalue weighted by Gasteiger charge is -2.12. The minimum absolute atomic E-state index is 0.101. The molecule has 1 atom stereocenters. The summed E-state index contributed by atoms with van der Waals surface area (Å²) >= 11 is 0. The maximum atomic E-state index is 12.0. The number of hydrogen-bond donors (Lipinski definition) is 2. The first-order valence-electron chi connectivity index (χ1n) is 8.65. The molecule has 2 amide bonds. The molecule has 0 radical (unpaired) electrons. The van der Waals surface area contributed by atoms with Crippen LogP contribution < -0.4 is 10.6 Å². The largest absolute Gasteiger partial charge is 0.379 e. The van der Waals surface area contributed by atoms with Gasteiger partial charge >= 0.3 is 6.03 Å². The first kappa shape index (κ1) is 17.5. The number of benzene rings is 2. The quantitative estimate of drug-likeness (QED) is 0.760. The Morgan fingerprint density at radius 2 is 1.96 bits per heavy atom. The summed E-state index contributed by atoms with van der Waals surface area (Å²) in [6.07, 6.45) is 1.76. The lowest BCUT2D eigenvalue weighted by Crippen LogP contribution is -2.38. The highest BCUT2D eigenvalue weighted by Crippen LogP contribution is 2.12. The molecule has 0 spiro atoms. The Kier molecular flexibility index (Phi) is 6.42. The highest BCUT2D eigenvalue weighted by molar-refractivity contribution is 5.89. The maximum absolute atomic E-state index is 12.0. The second kappa shape index (κ2) is 9.20. The van der Waals surface area contributed by atoms with Crippen molar-refractivity contribution in [2.45, 2.75) is 25.5 Å². The molecule has 1 fully saturated rings. The topological polar surface area (TPSA) is 59.6 Å². The summed E-state index contributed by atoms with van der Waals surface area (Å²) in [6, 6.07) is 17.9. The van der Waals surface area contributed by atoms with E-state index in [4.69, 9.17) is 9.47 Å². The van der Waals surface area contributed by atoms with E-state index in [-0.39, 0.29) is 12.1 Å². The van der Waals surface area contributed by atoms with Gasteiger partial charge in [0.1, 0.15) is 0 Å². The number of carbonyl (C=O) groups is 1. The number of anilines is 1. The first-order valence-corrected chi connectivity index (χ1v) is 8.65. The van der Waals surface area contributed by atoms with Gasteiger partial charge in [0.05, 0.1) is 25.9 Å². The van der Waals surface area contributed by atoms with Crippen LogP contribution in [-0.4, -0.2) is 31.9 Å². The number of ether oxygens (including phenoxy) is 2. The Morgan fingerprint density at radius 1 is 1.12 bits per heavy atom. The number of urea groups is 1. The Hall–Kier alpha value is -2.37. The molecule has 1 aliphatic heterocycles. The summed E-state index contributed by atoms with van der Waals surface area (Å²) in [6.45, 7) is 2.49. The summed E-state index contributed by atoms with van der Waals surface area (Å²) in [5, 5.41) is 5.78. The van der Waals surface area contributed by atoms with Crippen molar-refractivity contribution in [3.05, 3.63) is 65.7 Å². The van der Waals surface area contributed by atoms with Gasteiger partial charge in [0, 0.05) is 12.3 Å². The van der Waals surface area contributed by atoms with E-state index in [1.165, 1.54) is 5.56 Å². The smallest absolute Gasteiger partial charge is 0.319 e. The Bertz CT molecular complexity index is 670. The SMILES string of the molecule is O=C(Nc1cccc(COCCc2ccccc2)c1)N[C@H]1CCOC1. The molecule has 5 nitrogen and oxygen atoms in total. The van der Waals surface area contributed by atoms with E-state index in [9.17, 15) is 4.79 Å². The van der Waals surface area contributed by atoms with Gasteiger partial charge in [-0.2, -0.15) is 0 Å². The molecule has 1 heterocycles. The van der Waals surface area contributed by atoms with E-state index in [0.717, 1.165) is 24.1 Å². The zero-order valence-electron chi connectivity index (χ0n) is 14.2. The van der Waals surface area contributed by atoms with Crippen LogP contribution in [0.2, 0.25) is 0 Å². The molecule has 1 saturated heterocycles. The van der Waals surface area contributed by atoms with E-state index in [2.05, 4.69) is 22.8 Å². The van der Waals surface area contributed by atoms with Crippen molar-refractivity contribution in [1.82, 2.24) is 5.32 Å². The fourth-order valence-corrected chi connectivity index (χ4v) is 2.76. The molecule has 132 valence electrons. The van der Waals surface area contributed by atoms with Crippen LogP contribution >= 0.6 is 0 Å². The van der Waals surface area contributed by atoms with Crippen LogP contribution in [0.5, 0.6) is 0 Å². The van der Waals surface area contributed by atoms with E-state index >= 15 is 0 Å². The molecule has 0 saturated carbocycles. The average Bonchev–Trinajstić information content (AvgIpc) is 3.13. The molecular weight excluding hydrogens is 316 g/mol. The maximum Gasteiger partial charge on any atom is 0.319 e. The summed E-state index contributed by atoms with van der Waals surface area (Å²) in [7, 11) is 0. The summed E-state index contributed by atoms with van der Waals surface area (Å²) in [5.74, 6) is 0. The van der Waals surface area contributed by atoms with Crippen molar-refractivity contribution in [1.29, 1.82) is 0 Å². The van der Waals surface area contributed by atoms with E-state index in [0.29, 0.717) is 26.4 Å². The fourth-order valence-electron chi connectivity index (χ4n) is 2.76. The Morgan fingerprint density at radius 3 is 2.76 bits per heavy atom. The van der Waals surface area contributed by atoms with Crippen LogP contribution in [0.4, 0.5) is 10.5 Å². The molecule has 1 aliphatic rings. The standard InChI is InChI=1S/C20H24N2O3/c23-20(22-19-10-12-25-15-19)21-18-8-4-7-17(13-18)14-24-11-9-16-5-2-1-3-6-16/h1-8,13,19H,9-12,14-15H2,(H2,21,22,23)/t19-/m0/s1. The summed E-state index contributed by atoms with van der Waals surface area (Å²) < 4.78 is 11.0. The van der Waals surface area contributed by atoms with Crippen LogP contribution in [0, 0.1) is 0 Å². The first-order chi connectivity index (χ1) is 12.3. The molecule has 25 heavy (non-hydrogen) atoms. The molecule has 2 N–H and O–H groups in total. The van der Waals surface area contributed by atoms with Gasteiger partial charge in [0.2, 0.25) is 0 Å². The van der Waals surface area contributed by atoms with Crippen molar-refractivity contribution in [2.75, 3.05) is 25.1 Å². The molecule has 0 bridgehead atoms. The third-order valence-corrected chi connectivity index (χ3v) is 4.10. The van der Waals surface area contributed by atoms with Gasteiger partial charge in [0.25, 0.3) is 0 Å². The zero-order valence-corrected chi connectivity index (χ0v) is 14.2. The number of amides is 2. The van der Waals surface area contributed by atoms with Crippen LogP contribution in [0.25, 0.3) is 0 Å². The van der Waals surface area contributed by atoms with E-state index < -0.39 is 0 Å². The number of carbonyl (C=O) groups excluding carboxylic acids is 1. The van der Waals surface area contributed by atoms with Gasteiger partial charge in [-0.15, -0.1) is 0 Å². The third-order valence-electron chi connectivity index (χ3n) is 4.10. The van der Waals surface area contributed by atoms with Crippen LogP contribution in [0.15, 0.2) is 54.6 Å². The van der Waals surface area contributed by atoms with E-state index in [1.54, 1.807) is 0 Å². The van der Waals surface area contributed by atoms with Gasteiger partial charge < -0.3 is 20.1 Å². The van der Waals surface area contributed by atoms with Crippen molar-refractivity contribution in [2.24, 2.45) is 0 Å². The minimum Gasteiger partial charge on any atom is -0.379 e. The average molecular weight is 340 g/mol. The third kappa shape index (κ3) is 5.89.